The second kappa shape index (κ2) is 5.39. The van der Waals surface area contributed by atoms with Gasteiger partial charge in [-0.15, -0.1) is 0 Å². The first-order valence-electron chi connectivity index (χ1n) is 4.61. The normalized spacial score (nSPS) is 12.5. The van der Waals surface area contributed by atoms with Crippen molar-refractivity contribution in [2.45, 2.75) is 0 Å². The second-order valence-corrected chi connectivity index (χ2v) is 2.96. The smallest absolute Gasteiger partial charge is 0.177 e. The number of hydrogen-bond acceptors (Lipinski definition) is 3. The van der Waals surface area contributed by atoms with Gasteiger partial charge in [0.1, 0.15) is 12.8 Å². The predicted molar refractivity (Wildman–Crippen MR) is 59.9 cm³/mol. The van der Waals surface area contributed by atoms with Crippen LogP contribution in [0.4, 0.5) is 0 Å². The molecule has 2 rings (SSSR count). The van der Waals surface area contributed by atoms with Gasteiger partial charge >= 0.3 is 0 Å². The highest BCUT2D eigenvalue weighted by Gasteiger charge is 1.98. The fraction of sp³-hybridized carbons (Fsp3) is 0. The quantitative estimate of drug-likeness (QED) is 0.600. The van der Waals surface area contributed by atoms with Gasteiger partial charge in [-0.1, -0.05) is 12.1 Å². The lowest BCUT2D eigenvalue weighted by molar-refractivity contribution is 0.475. The van der Waals surface area contributed by atoms with Gasteiger partial charge in [0.2, 0.25) is 0 Å². The minimum Gasteiger partial charge on any atom is -0.508 e. The second-order valence-electron chi connectivity index (χ2n) is 2.77. The number of rotatable bonds is 0. The number of phenolic OH excluding ortho intramolecular Hbond substituents is 2. The average Bonchev–Trinajstić information content (AvgIpc) is 2.16. The van der Waals surface area contributed by atoms with Gasteiger partial charge in [0.15, 0.2) is 8.63 Å². The molecule has 1 unspecified atom stereocenters. The van der Waals surface area contributed by atoms with Gasteiger partial charge < -0.3 is 15.1 Å². The SMILES string of the molecule is Oc1ccc2c(O)cccc2c1.[2H][PH](=O)O. The molecule has 0 aliphatic carbocycles. The van der Waals surface area contributed by atoms with E-state index in [1.54, 1.807) is 30.3 Å². The third-order valence-corrected chi connectivity index (χ3v) is 1.84. The summed E-state index contributed by atoms with van der Waals surface area (Å²) < 4.78 is 14.5. The van der Waals surface area contributed by atoms with E-state index in [0.29, 0.717) is 0 Å². The molecule has 3 N–H and O–H groups in total. The van der Waals surface area contributed by atoms with Gasteiger partial charge in [-0.25, -0.2) is 0 Å². The minimum absolute atomic E-state index is 0.216. The van der Waals surface area contributed by atoms with Crippen LogP contribution in [0.25, 0.3) is 10.8 Å². The van der Waals surface area contributed by atoms with Crippen LogP contribution in [0.5, 0.6) is 11.5 Å². The minimum atomic E-state index is -2.88. The largest absolute Gasteiger partial charge is 0.508 e. The van der Waals surface area contributed by atoms with Crippen molar-refractivity contribution in [3.63, 3.8) is 0 Å². The Morgan fingerprint density at radius 1 is 1.20 bits per heavy atom. The summed E-state index contributed by atoms with van der Waals surface area (Å²) in [7, 11) is -2.88. The number of fused-ring (bicyclic) bond motifs is 1. The molecular formula is C10H11O4P. The van der Waals surface area contributed by atoms with Crippen LogP contribution in [-0.2, 0) is 4.57 Å². The Hall–Kier alpha value is -1.51. The van der Waals surface area contributed by atoms with Crippen LogP contribution in [0.1, 0.15) is 0 Å². The highest BCUT2D eigenvalue weighted by atomic mass is 31.1. The predicted octanol–water partition coefficient (Wildman–Crippen LogP) is 1.90. The first kappa shape index (κ1) is 10.0. The summed E-state index contributed by atoms with van der Waals surface area (Å²) in [5.41, 5.74) is 0. The molecule has 0 spiro atoms. The molecule has 2 aromatic rings. The van der Waals surface area contributed by atoms with Crippen molar-refractivity contribution in [2.75, 3.05) is 0 Å². The Labute approximate surface area is 89.0 Å². The van der Waals surface area contributed by atoms with Gasteiger partial charge in [0, 0.05) is 5.39 Å². The molecule has 0 fully saturated rings. The topological polar surface area (TPSA) is 77.8 Å². The van der Waals surface area contributed by atoms with E-state index < -0.39 is 8.63 Å². The van der Waals surface area contributed by atoms with Crippen LogP contribution in [0.15, 0.2) is 36.4 Å². The lowest BCUT2D eigenvalue weighted by Gasteiger charge is -1.99. The molecular weight excluding hydrogens is 215 g/mol. The monoisotopic (exact) mass is 227 g/mol. The van der Waals surface area contributed by atoms with Crippen molar-refractivity contribution in [3.8, 4) is 11.5 Å². The molecule has 15 heavy (non-hydrogen) atoms. The maximum Gasteiger partial charge on any atom is 0.177 e. The Kier molecular flexibility index (Phi) is 3.60. The number of hydrogen-bond donors (Lipinski definition) is 3. The van der Waals surface area contributed by atoms with E-state index >= 15 is 0 Å². The third kappa shape index (κ3) is 2.98. The molecule has 0 aliphatic rings. The molecule has 2 aromatic carbocycles. The van der Waals surface area contributed by atoms with Crippen molar-refractivity contribution < 1.29 is 19.7 Å². The third-order valence-electron chi connectivity index (χ3n) is 1.84. The highest BCUT2D eigenvalue weighted by Crippen LogP contribution is 2.26. The molecule has 1 atom stereocenters. The summed E-state index contributed by atoms with van der Waals surface area (Å²) >= 11 is 0. The van der Waals surface area contributed by atoms with Crippen LogP contribution in [0.2, 0.25) is 0 Å². The van der Waals surface area contributed by atoms with Crippen LogP contribution in [0, 0.1) is 0 Å². The Morgan fingerprint density at radius 3 is 2.53 bits per heavy atom. The lowest BCUT2D eigenvalue weighted by atomic mass is 10.1. The molecule has 0 saturated carbocycles. The zero-order chi connectivity index (χ0) is 12.1. The molecule has 80 valence electrons. The fourth-order valence-corrected chi connectivity index (χ4v) is 1.25. The summed E-state index contributed by atoms with van der Waals surface area (Å²) in [5, 5.41) is 20.1. The van der Waals surface area contributed by atoms with E-state index in [1.807, 2.05) is 6.07 Å². The van der Waals surface area contributed by atoms with Gasteiger partial charge in [0.25, 0.3) is 0 Å². The van der Waals surface area contributed by atoms with Crippen molar-refractivity contribution in [2.24, 2.45) is 0 Å². The van der Waals surface area contributed by atoms with E-state index in [2.05, 4.69) is 0 Å². The zero-order valence-electron chi connectivity index (χ0n) is 8.71. The molecule has 0 aliphatic heterocycles. The van der Waals surface area contributed by atoms with E-state index in [4.69, 9.17) is 15.8 Å². The number of aromatic hydroxyl groups is 2. The van der Waals surface area contributed by atoms with Crippen LogP contribution in [-0.4, -0.2) is 16.4 Å². The first-order valence-corrected chi connectivity index (χ1v) is 4.96. The Bertz CT molecular complexity index is 511. The van der Waals surface area contributed by atoms with Gasteiger partial charge in [-0.3, -0.25) is 4.57 Å². The highest BCUT2D eigenvalue weighted by molar-refractivity contribution is 7.16. The van der Waals surface area contributed by atoms with E-state index in [-0.39, 0.29) is 11.5 Å². The molecule has 0 radical (unpaired) electrons. The summed E-state index contributed by atoms with van der Waals surface area (Å²) in [5.74, 6) is 0.459. The van der Waals surface area contributed by atoms with Gasteiger partial charge in [-0.2, -0.15) is 0 Å². The van der Waals surface area contributed by atoms with Crippen molar-refractivity contribution in [1.82, 2.24) is 0 Å². The molecule has 0 aromatic heterocycles. The summed E-state index contributed by atoms with van der Waals surface area (Å²) in [6.07, 6.45) is 0. The molecule has 0 amide bonds. The lowest BCUT2D eigenvalue weighted by Crippen LogP contribution is -1.72. The van der Waals surface area contributed by atoms with Crippen molar-refractivity contribution >= 4 is 19.4 Å². The van der Waals surface area contributed by atoms with Crippen LogP contribution in [0.3, 0.4) is 0 Å². The number of benzene rings is 2. The summed E-state index contributed by atoms with van der Waals surface area (Å²) in [6, 6.07) is 10.1. The fourth-order valence-electron chi connectivity index (χ4n) is 1.25. The Balaban J connectivity index is 0.000000280. The molecule has 4 nitrogen and oxygen atoms in total. The van der Waals surface area contributed by atoms with E-state index in [0.717, 1.165) is 10.8 Å². The van der Waals surface area contributed by atoms with Gasteiger partial charge in [-0.05, 0) is 29.7 Å². The van der Waals surface area contributed by atoms with Gasteiger partial charge in [0.05, 0.1) is 0 Å². The Morgan fingerprint density at radius 2 is 1.87 bits per heavy atom. The zero-order valence-corrected chi connectivity index (χ0v) is 8.71. The average molecular weight is 227 g/mol. The van der Waals surface area contributed by atoms with E-state index in [1.165, 1.54) is 0 Å². The van der Waals surface area contributed by atoms with Crippen LogP contribution >= 0.6 is 8.63 Å². The first-order chi connectivity index (χ1) is 7.50. The summed E-state index contributed by atoms with van der Waals surface area (Å²) in [4.78, 5) is 7.27. The standard InChI is InChI=1S/C10H8O2.H3O2P/c11-8-4-5-9-7(6-8)2-1-3-10(9)12;1-3-2/h1-6,11-12H;3H2,(H,1,2)/i;3D. The number of phenols is 2. The molecule has 0 heterocycles. The molecule has 5 heteroatoms. The van der Waals surface area contributed by atoms with Crippen LogP contribution < -0.4 is 0 Å². The maximum atomic E-state index is 9.38. The molecule has 0 saturated heterocycles. The summed E-state index contributed by atoms with van der Waals surface area (Å²) in [6.45, 7) is 0. The molecule has 0 bridgehead atoms. The van der Waals surface area contributed by atoms with Crippen molar-refractivity contribution in [3.05, 3.63) is 36.4 Å². The van der Waals surface area contributed by atoms with Crippen molar-refractivity contribution in [1.29, 1.82) is 1.28 Å². The maximum absolute atomic E-state index is 9.38. The van der Waals surface area contributed by atoms with E-state index in [9.17, 15) is 5.11 Å².